The second kappa shape index (κ2) is 2.10. The van der Waals surface area contributed by atoms with E-state index in [9.17, 15) is 0 Å². The summed E-state index contributed by atoms with van der Waals surface area (Å²) in [5, 5.41) is 7.16. The Kier molecular flexibility index (Phi) is 1.37. The average Bonchev–Trinajstić information content (AvgIpc) is 2.38. The van der Waals surface area contributed by atoms with E-state index in [1.54, 1.807) is 0 Å². The summed E-state index contributed by atoms with van der Waals surface area (Å²) in [5.41, 5.74) is 8.40. The lowest BCUT2D eigenvalue weighted by atomic mass is 10.1. The number of nitrogens with two attached hydrogens (primary N) is 1. The zero-order chi connectivity index (χ0) is 8.93. The van der Waals surface area contributed by atoms with Gasteiger partial charge in [0.05, 0.1) is 5.69 Å². The van der Waals surface area contributed by atoms with Gasteiger partial charge in [-0.05, 0) is 18.4 Å². The molecule has 12 heavy (non-hydrogen) atoms. The third-order valence-corrected chi connectivity index (χ3v) is 2.96. The van der Waals surface area contributed by atoms with Crippen LogP contribution in [0.2, 0.25) is 0 Å². The van der Waals surface area contributed by atoms with Crippen molar-refractivity contribution in [2.24, 2.45) is 11.1 Å². The molecule has 3 nitrogen and oxygen atoms in total. The molecular weight excluding hydrogens is 150 g/mol. The number of hydrogen-bond donors (Lipinski definition) is 2. The van der Waals surface area contributed by atoms with E-state index in [1.165, 1.54) is 0 Å². The number of aryl methyl sites for hydroxylation is 1. The first-order valence-corrected chi connectivity index (χ1v) is 4.31. The van der Waals surface area contributed by atoms with Gasteiger partial charge in [0, 0.05) is 17.7 Å². The number of aromatic nitrogens is 2. The molecule has 66 valence electrons. The molecule has 0 spiro atoms. The molecule has 1 saturated carbocycles. The van der Waals surface area contributed by atoms with Gasteiger partial charge < -0.3 is 5.73 Å². The van der Waals surface area contributed by atoms with Gasteiger partial charge in [-0.1, -0.05) is 13.8 Å². The van der Waals surface area contributed by atoms with Gasteiger partial charge in [0.2, 0.25) is 0 Å². The Morgan fingerprint density at radius 3 is 2.50 bits per heavy atom. The Balaban J connectivity index is 2.24. The summed E-state index contributed by atoms with van der Waals surface area (Å²) in [5.74, 6) is 0.447. The van der Waals surface area contributed by atoms with Crippen LogP contribution in [0.1, 0.15) is 31.2 Å². The molecule has 1 aliphatic rings. The smallest absolute Gasteiger partial charge is 0.0677 e. The van der Waals surface area contributed by atoms with E-state index in [4.69, 9.17) is 5.73 Å². The number of hydrogen-bond acceptors (Lipinski definition) is 2. The highest BCUT2D eigenvalue weighted by molar-refractivity contribution is 5.29. The van der Waals surface area contributed by atoms with Gasteiger partial charge in [-0.2, -0.15) is 5.10 Å². The molecule has 1 aromatic rings. The third kappa shape index (κ3) is 0.894. The lowest BCUT2D eigenvalue weighted by molar-refractivity contribution is 0.595. The molecule has 2 rings (SSSR count). The maximum atomic E-state index is 5.93. The molecule has 0 radical (unpaired) electrons. The van der Waals surface area contributed by atoms with Crippen LogP contribution in [-0.2, 0) is 0 Å². The minimum absolute atomic E-state index is 0.238. The van der Waals surface area contributed by atoms with Crippen molar-refractivity contribution in [1.82, 2.24) is 10.2 Å². The van der Waals surface area contributed by atoms with Crippen LogP contribution in [0.25, 0.3) is 0 Å². The summed E-state index contributed by atoms with van der Waals surface area (Å²) in [6.07, 6.45) is 0. The van der Waals surface area contributed by atoms with Crippen molar-refractivity contribution in [3.05, 3.63) is 17.5 Å². The topological polar surface area (TPSA) is 54.7 Å². The van der Waals surface area contributed by atoms with Crippen LogP contribution in [0.4, 0.5) is 0 Å². The minimum Gasteiger partial charge on any atom is -0.327 e. The SMILES string of the molecule is Cc1cc([C@@H]2[C@@H](N)C2(C)C)n[nH]1. The second-order valence-corrected chi connectivity index (χ2v) is 4.30. The van der Waals surface area contributed by atoms with E-state index in [-0.39, 0.29) is 11.5 Å². The van der Waals surface area contributed by atoms with E-state index < -0.39 is 0 Å². The average molecular weight is 165 g/mol. The van der Waals surface area contributed by atoms with Crippen molar-refractivity contribution in [2.45, 2.75) is 32.7 Å². The fourth-order valence-electron chi connectivity index (χ4n) is 1.84. The summed E-state index contributed by atoms with van der Waals surface area (Å²) in [6.45, 7) is 6.39. The van der Waals surface area contributed by atoms with Gasteiger partial charge in [-0.15, -0.1) is 0 Å². The van der Waals surface area contributed by atoms with Crippen molar-refractivity contribution < 1.29 is 0 Å². The Bertz CT molecular complexity index is 300. The van der Waals surface area contributed by atoms with Gasteiger partial charge in [0.15, 0.2) is 0 Å². The molecule has 2 atom stereocenters. The molecule has 0 saturated heterocycles. The van der Waals surface area contributed by atoms with Gasteiger partial charge in [-0.3, -0.25) is 5.10 Å². The van der Waals surface area contributed by atoms with Crippen molar-refractivity contribution in [2.75, 3.05) is 0 Å². The fourth-order valence-corrected chi connectivity index (χ4v) is 1.84. The standard InChI is InChI=1S/C9H15N3/c1-5-4-6(12-11-5)7-8(10)9(7,2)3/h4,7-8H,10H2,1-3H3,(H,11,12)/t7-,8-/m1/s1. The number of H-pyrrole nitrogens is 1. The first kappa shape index (κ1) is 7.80. The maximum absolute atomic E-state index is 5.93. The molecule has 0 aromatic carbocycles. The summed E-state index contributed by atoms with van der Waals surface area (Å²) in [6, 6.07) is 2.36. The number of rotatable bonds is 1. The number of aromatic amines is 1. The molecule has 1 fully saturated rings. The Labute approximate surface area is 72.4 Å². The second-order valence-electron chi connectivity index (χ2n) is 4.30. The summed E-state index contributed by atoms with van der Waals surface area (Å²) in [7, 11) is 0. The lowest BCUT2D eigenvalue weighted by Gasteiger charge is -1.96. The molecule has 0 unspecified atom stereocenters. The largest absolute Gasteiger partial charge is 0.327 e. The van der Waals surface area contributed by atoms with Crippen molar-refractivity contribution in [3.8, 4) is 0 Å². The molecule has 0 amide bonds. The van der Waals surface area contributed by atoms with E-state index in [1.807, 2.05) is 6.92 Å². The molecule has 1 heterocycles. The first-order chi connectivity index (χ1) is 5.53. The summed E-state index contributed by atoms with van der Waals surface area (Å²) in [4.78, 5) is 0. The number of nitrogens with zero attached hydrogens (tertiary/aromatic N) is 1. The first-order valence-electron chi connectivity index (χ1n) is 4.31. The Morgan fingerprint density at radius 2 is 2.17 bits per heavy atom. The van der Waals surface area contributed by atoms with Crippen LogP contribution in [0.15, 0.2) is 6.07 Å². The zero-order valence-corrected chi connectivity index (χ0v) is 7.76. The molecule has 0 bridgehead atoms. The van der Waals surface area contributed by atoms with Crippen molar-refractivity contribution in [1.29, 1.82) is 0 Å². The molecule has 3 N–H and O–H groups in total. The Morgan fingerprint density at radius 1 is 1.58 bits per heavy atom. The zero-order valence-electron chi connectivity index (χ0n) is 7.76. The van der Waals surface area contributed by atoms with Gasteiger partial charge in [-0.25, -0.2) is 0 Å². The number of nitrogens with one attached hydrogen (secondary N) is 1. The predicted octanol–water partition coefficient (Wildman–Crippen LogP) is 1.17. The van der Waals surface area contributed by atoms with E-state index >= 15 is 0 Å². The van der Waals surface area contributed by atoms with Crippen molar-refractivity contribution >= 4 is 0 Å². The quantitative estimate of drug-likeness (QED) is 0.656. The monoisotopic (exact) mass is 165 g/mol. The van der Waals surface area contributed by atoms with Crippen LogP contribution >= 0.6 is 0 Å². The van der Waals surface area contributed by atoms with E-state index in [2.05, 4.69) is 30.1 Å². The van der Waals surface area contributed by atoms with E-state index in [0.29, 0.717) is 5.92 Å². The van der Waals surface area contributed by atoms with Crippen LogP contribution in [0, 0.1) is 12.3 Å². The van der Waals surface area contributed by atoms with Crippen LogP contribution in [0.3, 0.4) is 0 Å². The highest BCUT2D eigenvalue weighted by atomic mass is 15.1. The van der Waals surface area contributed by atoms with E-state index in [0.717, 1.165) is 11.4 Å². The normalized spacial score (nSPS) is 32.0. The third-order valence-electron chi connectivity index (χ3n) is 2.96. The molecule has 1 aliphatic carbocycles. The maximum Gasteiger partial charge on any atom is 0.0677 e. The molecule has 0 aliphatic heterocycles. The lowest BCUT2D eigenvalue weighted by Crippen LogP contribution is -2.06. The van der Waals surface area contributed by atoms with Gasteiger partial charge in [0.1, 0.15) is 0 Å². The van der Waals surface area contributed by atoms with Crippen LogP contribution in [0.5, 0.6) is 0 Å². The Hall–Kier alpha value is -0.830. The fraction of sp³-hybridized carbons (Fsp3) is 0.667. The highest BCUT2D eigenvalue weighted by Crippen LogP contribution is 2.56. The molecule has 3 heteroatoms. The summed E-state index contributed by atoms with van der Waals surface area (Å²) < 4.78 is 0. The van der Waals surface area contributed by atoms with Gasteiger partial charge >= 0.3 is 0 Å². The van der Waals surface area contributed by atoms with Crippen LogP contribution < -0.4 is 5.73 Å². The van der Waals surface area contributed by atoms with Crippen LogP contribution in [-0.4, -0.2) is 16.2 Å². The predicted molar refractivity (Wildman–Crippen MR) is 47.8 cm³/mol. The van der Waals surface area contributed by atoms with Crippen molar-refractivity contribution in [3.63, 3.8) is 0 Å². The van der Waals surface area contributed by atoms with Gasteiger partial charge in [0.25, 0.3) is 0 Å². The molecule has 1 aromatic heterocycles. The summed E-state index contributed by atoms with van der Waals surface area (Å²) >= 11 is 0. The highest BCUT2D eigenvalue weighted by Gasteiger charge is 2.57. The minimum atomic E-state index is 0.238. The molecular formula is C9H15N3.